The van der Waals surface area contributed by atoms with Crippen LogP contribution in [0.15, 0.2) is 53.4 Å². The topological polar surface area (TPSA) is 209 Å². The first-order valence-corrected chi connectivity index (χ1v) is 15.0. The van der Waals surface area contributed by atoms with Gasteiger partial charge in [-0.1, -0.05) is 24.3 Å². The Kier molecular flexibility index (Phi) is 11.4. The number of nitrogen functional groups attached to an aromatic ring is 1. The summed E-state index contributed by atoms with van der Waals surface area (Å²) in [6.45, 7) is 1.02. The second-order valence-electron chi connectivity index (χ2n) is 10.2. The van der Waals surface area contributed by atoms with Gasteiger partial charge < -0.3 is 26.8 Å². The van der Waals surface area contributed by atoms with Crippen LogP contribution in [-0.2, 0) is 30.8 Å². The molecule has 3 rings (SSSR count). The molecule has 2 amide bonds. The van der Waals surface area contributed by atoms with Crippen molar-refractivity contribution in [3.63, 3.8) is 0 Å². The molecule has 13 heteroatoms. The molecular formula is C28H38N6O6S. The van der Waals surface area contributed by atoms with E-state index in [4.69, 9.17) is 22.0 Å². The number of amides is 2. The van der Waals surface area contributed by atoms with Crippen LogP contribution in [0.3, 0.4) is 0 Å². The van der Waals surface area contributed by atoms with Crippen LogP contribution < -0.4 is 21.5 Å². The smallest absolute Gasteiger partial charge is 0.303 e. The van der Waals surface area contributed by atoms with E-state index in [-0.39, 0.29) is 54.0 Å². The summed E-state index contributed by atoms with van der Waals surface area (Å²) >= 11 is 0. The van der Waals surface area contributed by atoms with Gasteiger partial charge in [0.05, 0.1) is 4.90 Å². The molecule has 12 nitrogen and oxygen atoms in total. The van der Waals surface area contributed by atoms with E-state index in [1.54, 1.807) is 35.2 Å². The number of carbonyl (C=O) groups excluding carboxylic acids is 2. The van der Waals surface area contributed by atoms with E-state index in [1.165, 1.54) is 18.2 Å². The fraction of sp³-hybridized carbons (Fsp3) is 0.429. The van der Waals surface area contributed by atoms with E-state index in [0.29, 0.717) is 49.4 Å². The van der Waals surface area contributed by atoms with Crippen LogP contribution in [0.2, 0.25) is 0 Å². The van der Waals surface area contributed by atoms with E-state index in [1.807, 2.05) is 0 Å². The number of hydrogen-bond acceptors (Lipinski definition) is 7. The Labute approximate surface area is 240 Å². The number of nitrogens with zero attached hydrogens (tertiary/aromatic N) is 1. The van der Waals surface area contributed by atoms with Gasteiger partial charge in [0.1, 0.15) is 11.9 Å². The Morgan fingerprint density at radius 1 is 1.07 bits per heavy atom. The molecule has 0 aromatic heterocycles. The van der Waals surface area contributed by atoms with Crippen molar-refractivity contribution in [3.05, 3.63) is 59.7 Å². The quantitative estimate of drug-likeness (QED) is 0.141. The standard InChI is InChI=1S/C28H38N6O6S/c29-13-10-25(35)32-22-7-3-8-23(18-22)41(39,40)33-24(17-20-5-1-6-21(16-20)27(30)31)28(38)34-14-11-19(12-15-34)4-2-9-26(36)37/h1,3,5-8,16,18-19,24,33H,2,4,9-15,17,29H2,(H3,30,31)(H,32,35)(H,36,37)/t24-/m0/s1. The number of carboxylic acids is 1. The summed E-state index contributed by atoms with van der Waals surface area (Å²) in [6, 6.07) is 11.4. The summed E-state index contributed by atoms with van der Waals surface area (Å²) in [5.74, 6) is -1.39. The van der Waals surface area contributed by atoms with Gasteiger partial charge in [-0.15, -0.1) is 0 Å². The summed E-state index contributed by atoms with van der Waals surface area (Å²) in [4.78, 5) is 38.0. The predicted molar refractivity (Wildman–Crippen MR) is 155 cm³/mol. The minimum atomic E-state index is -4.19. The zero-order valence-corrected chi connectivity index (χ0v) is 23.7. The predicted octanol–water partition coefficient (Wildman–Crippen LogP) is 1.64. The molecule has 2 aromatic rings. The van der Waals surface area contributed by atoms with E-state index < -0.39 is 22.0 Å². The highest BCUT2D eigenvalue weighted by Gasteiger charge is 2.32. The van der Waals surface area contributed by atoms with Crippen molar-refractivity contribution < 1.29 is 27.9 Å². The number of carboxylic acid groups (broad SMARTS) is 1. The van der Waals surface area contributed by atoms with Crippen LogP contribution >= 0.6 is 0 Å². The maximum absolute atomic E-state index is 13.7. The minimum Gasteiger partial charge on any atom is -0.481 e. The molecule has 0 saturated carbocycles. The average Bonchev–Trinajstić information content (AvgIpc) is 2.93. The molecular weight excluding hydrogens is 548 g/mol. The van der Waals surface area contributed by atoms with E-state index in [2.05, 4.69) is 10.0 Å². The first kappa shape index (κ1) is 31.7. The Morgan fingerprint density at radius 3 is 2.44 bits per heavy atom. The summed E-state index contributed by atoms with van der Waals surface area (Å²) in [6.07, 6.45) is 2.98. The first-order chi connectivity index (χ1) is 19.5. The lowest BCUT2D eigenvalue weighted by Crippen LogP contribution is -2.51. The third-order valence-corrected chi connectivity index (χ3v) is 8.47. The molecule has 222 valence electrons. The van der Waals surface area contributed by atoms with Crippen molar-refractivity contribution in [2.24, 2.45) is 17.4 Å². The fourth-order valence-corrected chi connectivity index (χ4v) is 6.07. The number of rotatable bonds is 14. The van der Waals surface area contributed by atoms with Crippen molar-refractivity contribution in [1.82, 2.24) is 9.62 Å². The number of likely N-dealkylation sites (tertiary alicyclic amines) is 1. The van der Waals surface area contributed by atoms with E-state index in [9.17, 15) is 22.8 Å². The zero-order chi connectivity index (χ0) is 30.0. The largest absolute Gasteiger partial charge is 0.481 e. The summed E-state index contributed by atoms with van der Waals surface area (Å²) in [7, 11) is -4.19. The number of anilines is 1. The summed E-state index contributed by atoms with van der Waals surface area (Å²) in [5, 5.41) is 19.2. The summed E-state index contributed by atoms with van der Waals surface area (Å²) in [5.41, 5.74) is 12.4. The van der Waals surface area contributed by atoms with Crippen molar-refractivity contribution in [2.75, 3.05) is 25.0 Å². The molecule has 1 atom stereocenters. The number of amidine groups is 1. The number of hydrogen-bond donors (Lipinski definition) is 6. The minimum absolute atomic E-state index is 0.0324. The lowest BCUT2D eigenvalue weighted by Gasteiger charge is -2.34. The number of nitrogens with one attached hydrogen (secondary N) is 3. The van der Waals surface area contributed by atoms with Crippen LogP contribution in [0.4, 0.5) is 5.69 Å². The highest BCUT2D eigenvalue weighted by molar-refractivity contribution is 7.89. The van der Waals surface area contributed by atoms with Gasteiger partial charge in [0.2, 0.25) is 21.8 Å². The van der Waals surface area contributed by atoms with Crippen LogP contribution in [0, 0.1) is 11.3 Å². The Morgan fingerprint density at radius 2 is 1.78 bits per heavy atom. The second-order valence-corrected chi connectivity index (χ2v) is 11.9. The third kappa shape index (κ3) is 9.66. The third-order valence-electron chi connectivity index (χ3n) is 7.00. The van der Waals surface area contributed by atoms with Crippen molar-refractivity contribution in [1.29, 1.82) is 5.41 Å². The molecule has 2 aromatic carbocycles. The zero-order valence-electron chi connectivity index (χ0n) is 22.8. The molecule has 0 aliphatic carbocycles. The molecule has 41 heavy (non-hydrogen) atoms. The SMILES string of the molecule is N=C(N)c1cccc(C[C@H](NS(=O)(=O)c2cccc(NC(=O)CCN)c2)C(=O)N2CCC(CCCC(=O)O)CC2)c1. The van der Waals surface area contributed by atoms with Crippen molar-refractivity contribution in [2.45, 2.75) is 55.9 Å². The number of aliphatic carboxylic acids is 1. The highest BCUT2D eigenvalue weighted by Crippen LogP contribution is 2.24. The monoisotopic (exact) mass is 586 g/mol. The molecule has 0 radical (unpaired) electrons. The first-order valence-electron chi connectivity index (χ1n) is 13.5. The maximum Gasteiger partial charge on any atom is 0.303 e. The van der Waals surface area contributed by atoms with Crippen LogP contribution in [0.1, 0.15) is 49.7 Å². The molecule has 1 aliphatic rings. The van der Waals surface area contributed by atoms with Crippen LogP contribution in [0.5, 0.6) is 0 Å². The number of carbonyl (C=O) groups is 3. The maximum atomic E-state index is 13.7. The second kappa shape index (κ2) is 14.7. The van der Waals surface area contributed by atoms with Gasteiger partial charge >= 0.3 is 5.97 Å². The van der Waals surface area contributed by atoms with E-state index >= 15 is 0 Å². The molecule has 0 bridgehead atoms. The number of piperidine rings is 1. The number of nitrogens with two attached hydrogens (primary N) is 2. The summed E-state index contributed by atoms with van der Waals surface area (Å²) < 4.78 is 29.5. The Balaban J connectivity index is 1.80. The average molecular weight is 587 g/mol. The molecule has 8 N–H and O–H groups in total. The van der Waals surface area contributed by atoms with Gasteiger partial charge in [-0.2, -0.15) is 4.72 Å². The molecule has 0 spiro atoms. The van der Waals surface area contributed by atoms with Gasteiger partial charge in [0.25, 0.3) is 0 Å². The van der Waals surface area contributed by atoms with Crippen LogP contribution in [0.25, 0.3) is 0 Å². The lowest BCUT2D eigenvalue weighted by atomic mass is 9.91. The van der Waals surface area contributed by atoms with Crippen molar-refractivity contribution in [3.8, 4) is 0 Å². The highest BCUT2D eigenvalue weighted by atomic mass is 32.2. The van der Waals surface area contributed by atoms with Crippen LogP contribution in [-0.4, -0.2) is 67.7 Å². The number of sulfonamides is 1. The van der Waals surface area contributed by atoms with Gasteiger partial charge in [-0.25, -0.2) is 8.42 Å². The molecule has 0 unspecified atom stereocenters. The Bertz CT molecular complexity index is 1360. The lowest BCUT2D eigenvalue weighted by molar-refractivity contribution is -0.137. The van der Waals surface area contributed by atoms with Gasteiger partial charge in [-0.3, -0.25) is 19.8 Å². The fourth-order valence-electron chi connectivity index (χ4n) is 4.84. The van der Waals surface area contributed by atoms with Gasteiger partial charge in [-0.05, 0) is 67.9 Å². The molecule has 1 fully saturated rings. The van der Waals surface area contributed by atoms with Gasteiger partial charge in [0, 0.05) is 43.7 Å². The van der Waals surface area contributed by atoms with Crippen molar-refractivity contribution >= 4 is 39.3 Å². The normalized spacial score (nSPS) is 14.8. The Hall–Kier alpha value is -3.81. The molecule has 1 saturated heterocycles. The van der Waals surface area contributed by atoms with Gasteiger partial charge in [0.15, 0.2) is 0 Å². The molecule has 1 heterocycles. The van der Waals surface area contributed by atoms with E-state index in [0.717, 1.165) is 6.42 Å². The molecule has 1 aliphatic heterocycles. The number of benzene rings is 2.